The molecule has 0 spiro atoms. The topological polar surface area (TPSA) is 12.5 Å². The van der Waals surface area contributed by atoms with Crippen molar-refractivity contribution in [1.29, 1.82) is 0 Å². The Kier molecular flexibility index (Phi) is 4.70. The van der Waals surface area contributed by atoms with Crippen LogP contribution in [-0.4, -0.2) is 0 Å². The van der Waals surface area contributed by atoms with Gasteiger partial charge in [0.2, 0.25) is 0 Å². The molecule has 0 radical (unpaired) electrons. The molecule has 5 aromatic rings. The summed E-state index contributed by atoms with van der Waals surface area (Å²) >= 11 is 0. The van der Waals surface area contributed by atoms with Gasteiger partial charge >= 0.3 is 0 Å². The molecule has 0 atom stereocenters. The summed E-state index contributed by atoms with van der Waals surface area (Å²) in [6.45, 7) is 2.11. The lowest BCUT2D eigenvalue weighted by Crippen LogP contribution is -2.16. The monoisotopic (exact) mass is 425 g/mol. The molecule has 158 valence electrons. The van der Waals surface area contributed by atoms with E-state index in [2.05, 4.69) is 121 Å². The summed E-state index contributed by atoms with van der Waals surface area (Å²) in [6, 6.07) is 42.4. The maximum atomic E-state index is 6.54. The summed E-state index contributed by atoms with van der Waals surface area (Å²) in [5, 5.41) is 0. The number of aryl methyl sites for hydroxylation is 1. The van der Waals surface area contributed by atoms with Gasteiger partial charge in [-0.2, -0.15) is 0 Å². The van der Waals surface area contributed by atoms with E-state index < -0.39 is 0 Å². The van der Waals surface area contributed by atoms with Gasteiger partial charge in [0.25, 0.3) is 0 Å². The highest BCUT2D eigenvalue weighted by atomic mass is 16.5. The zero-order valence-corrected chi connectivity index (χ0v) is 18.4. The molecule has 1 aliphatic heterocycles. The van der Waals surface area contributed by atoms with Crippen molar-refractivity contribution in [2.75, 3.05) is 4.90 Å². The second-order valence-corrected chi connectivity index (χ2v) is 8.37. The van der Waals surface area contributed by atoms with E-state index >= 15 is 0 Å². The van der Waals surface area contributed by atoms with Crippen molar-refractivity contribution in [2.24, 2.45) is 0 Å². The van der Waals surface area contributed by atoms with Crippen LogP contribution in [0.1, 0.15) is 5.56 Å². The Balaban J connectivity index is 1.51. The molecule has 0 fully saturated rings. The van der Waals surface area contributed by atoms with Crippen LogP contribution in [0.15, 0.2) is 121 Å². The minimum absolute atomic E-state index is 0.856. The summed E-state index contributed by atoms with van der Waals surface area (Å²) in [6.07, 6.45) is 0. The van der Waals surface area contributed by atoms with Gasteiger partial charge in [-0.15, -0.1) is 0 Å². The molecule has 0 aliphatic carbocycles. The zero-order chi connectivity index (χ0) is 22.2. The number of anilines is 3. The Morgan fingerprint density at radius 1 is 0.485 bits per heavy atom. The molecular weight excluding hydrogens is 402 g/mol. The Bertz CT molecular complexity index is 1330. The highest BCUT2D eigenvalue weighted by Gasteiger charge is 2.26. The highest BCUT2D eigenvalue weighted by Crippen LogP contribution is 2.52. The minimum Gasteiger partial charge on any atom is -0.453 e. The molecular formula is C31H23NO. The summed E-state index contributed by atoms with van der Waals surface area (Å²) in [5.41, 5.74) is 9.07. The molecule has 2 heteroatoms. The minimum atomic E-state index is 0.856. The number of rotatable bonds is 3. The third-order valence-electron chi connectivity index (χ3n) is 6.13. The highest BCUT2D eigenvalue weighted by molar-refractivity contribution is 5.89. The van der Waals surface area contributed by atoms with E-state index in [-0.39, 0.29) is 0 Å². The predicted molar refractivity (Wildman–Crippen MR) is 137 cm³/mol. The number of fused-ring (bicyclic) bond motifs is 2. The van der Waals surface area contributed by atoms with Gasteiger partial charge in [-0.1, -0.05) is 90.5 Å². The van der Waals surface area contributed by atoms with Gasteiger partial charge in [0, 0.05) is 5.69 Å². The van der Waals surface area contributed by atoms with Crippen LogP contribution in [0.2, 0.25) is 0 Å². The van der Waals surface area contributed by atoms with Crippen LogP contribution < -0.4 is 9.64 Å². The number of hydrogen-bond donors (Lipinski definition) is 0. The lowest BCUT2D eigenvalue weighted by Gasteiger charge is -2.33. The molecule has 2 nitrogen and oxygen atoms in total. The first-order chi connectivity index (χ1) is 16.3. The molecule has 1 aliphatic rings. The second-order valence-electron chi connectivity index (χ2n) is 8.37. The molecule has 1 heterocycles. The standard InChI is InChI=1S/C31H23NO/c1-22-12-16-27(17-13-22)32-28-18-14-25(23-8-4-2-5-9-23)20-30(28)33-31-21-26(15-19-29(31)32)24-10-6-3-7-11-24/h2-21H,1H3. The van der Waals surface area contributed by atoms with Gasteiger partial charge < -0.3 is 9.64 Å². The fourth-order valence-electron chi connectivity index (χ4n) is 4.40. The van der Waals surface area contributed by atoms with E-state index in [9.17, 15) is 0 Å². The van der Waals surface area contributed by atoms with Crippen LogP contribution >= 0.6 is 0 Å². The number of nitrogens with zero attached hydrogens (tertiary/aromatic N) is 1. The molecule has 0 saturated carbocycles. The van der Waals surface area contributed by atoms with Crippen LogP contribution in [0.3, 0.4) is 0 Å². The van der Waals surface area contributed by atoms with Crippen LogP contribution in [0.4, 0.5) is 17.1 Å². The summed E-state index contributed by atoms with van der Waals surface area (Å²) in [4.78, 5) is 2.29. The first kappa shape index (κ1) is 19.4. The van der Waals surface area contributed by atoms with Crippen LogP contribution in [0.5, 0.6) is 11.5 Å². The fourth-order valence-corrected chi connectivity index (χ4v) is 4.40. The van der Waals surface area contributed by atoms with Gasteiger partial charge in [-0.3, -0.25) is 0 Å². The van der Waals surface area contributed by atoms with Crippen molar-refractivity contribution in [3.63, 3.8) is 0 Å². The zero-order valence-electron chi connectivity index (χ0n) is 18.4. The van der Waals surface area contributed by atoms with E-state index in [0.29, 0.717) is 0 Å². The van der Waals surface area contributed by atoms with Gasteiger partial charge in [0.1, 0.15) is 0 Å². The molecule has 0 unspecified atom stereocenters. The van der Waals surface area contributed by atoms with Gasteiger partial charge in [0.15, 0.2) is 11.5 Å². The van der Waals surface area contributed by atoms with Crippen molar-refractivity contribution >= 4 is 17.1 Å². The molecule has 33 heavy (non-hydrogen) atoms. The maximum Gasteiger partial charge on any atom is 0.152 e. The third-order valence-corrected chi connectivity index (χ3v) is 6.13. The Hall–Kier alpha value is -4.30. The van der Waals surface area contributed by atoms with Gasteiger partial charge in [0.05, 0.1) is 11.4 Å². The maximum absolute atomic E-state index is 6.54. The summed E-state index contributed by atoms with van der Waals surface area (Å²) in [7, 11) is 0. The van der Waals surface area contributed by atoms with E-state index in [4.69, 9.17) is 4.74 Å². The Morgan fingerprint density at radius 2 is 0.970 bits per heavy atom. The molecule has 0 saturated heterocycles. The number of benzene rings is 5. The molecule has 0 amide bonds. The summed E-state index contributed by atoms with van der Waals surface area (Å²) in [5.74, 6) is 1.71. The lowest BCUT2D eigenvalue weighted by molar-refractivity contribution is 0.477. The molecule has 6 rings (SSSR count). The van der Waals surface area contributed by atoms with E-state index in [1.807, 2.05) is 12.1 Å². The molecule has 0 N–H and O–H groups in total. The van der Waals surface area contributed by atoms with Crippen LogP contribution in [0, 0.1) is 6.92 Å². The van der Waals surface area contributed by atoms with Gasteiger partial charge in [-0.05, 0) is 65.6 Å². The van der Waals surface area contributed by atoms with Crippen molar-refractivity contribution in [3.05, 3.63) is 127 Å². The Morgan fingerprint density at radius 3 is 1.45 bits per heavy atom. The average Bonchev–Trinajstić information content (AvgIpc) is 2.88. The number of hydrogen-bond acceptors (Lipinski definition) is 2. The second kappa shape index (κ2) is 7.99. The quantitative estimate of drug-likeness (QED) is 0.281. The SMILES string of the molecule is Cc1ccc(N2c3ccc(-c4ccccc4)cc3Oc3cc(-c4ccccc4)ccc32)cc1. The van der Waals surface area contributed by atoms with Crippen molar-refractivity contribution in [3.8, 4) is 33.8 Å². The largest absolute Gasteiger partial charge is 0.453 e. The van der Waals surface area contributed by atoms with Crippen LogP contribution in [0.25, 0.3) is 22.3 Å². The average molecular weight is 426 g/mol. The first-order valence-corrected chi connectivity index (χ1v) is 11.2. The van der Waals surface area contributed by atoms with Crippen molar-refractivity contribution in [2.45, 2.75) is 6.92 Å². The lowest BCUT2D eigenvalue weighted by atomic mass is 10.0. The third kappa shape index (κ3) is 3.56. The fraction of sp³-hybridized carbons (Fsp3) is 0.0323. The van der Waals surface area contributed by atoms with E-state index in [0.717, 1.165) is 39.7 Å². The molecule has 5 aromatic carbocycles. The van der Waals surface area contributed by atoms with E-state index in [1.165, 1.54) is 16.7 Å². The molecule has 0 bridgehead atoms. The molecule has 0 aromatic heterocycles. The van der Waals surface area contributed by atoms with Crippen LogP contribution in [-0.2, 0) is 0 Å². The predicted octanol–water partition coefficient (Wildman–Crippen LogP) is 8.90. The van der Waals surface area contributed by atoms with Crippen molar-refractivity contribution < 1.29 is 4.74 Å². The normalized spacial score (nSPS) is 12.0. The van der Waals surface area contributed by atoms with Gasteiger partial charge in [-0.25, -0.2) is 0 Å². The van der Waals surface area contributed by atoms with E-state index in [1.54, 1.807) is 0 Å². The Labute approximate surface area is 194 Å². The number of ether oxygens (including phenoxy) is 1. The smallest absolute Gasteiger partial charge is 0.152 e. The first-order valence-electron chi connectivity index (χ1n) is 11.2. The summed E-state index contributed by atoms with van der Waals surface area (Å²) < 4.78 is 6.54. The van der Waals surface area contributed by atoms with Crippen molar-refractivity contribution in [1.82, 2.24) is 0 Å².